The highest BCUT2D eigenvalue weighted by Gasteiger charge is 2.68. The molecule has 3 fully saturated rings. The monoisotopic (exact) mass is 545 g/mol. The van der Waals surface area contributed by atoms with Crippen LogP contribution in [-0.2, 0) is 14.3 Å². The van der Waals surface area contributed by atoms with Crippen LogP contribution in [0.25, 0.3) is 0 Å². The first-order valence-electron chi connectivity index (χ1n) is 14.5. The quantitative estimate of drug-likeness (QED) is 0.118. The number of hydrogen-bond acceptors (Lipinski definition) is 4. The highest BCUT2D eigenvalue weighted by atomic mass is 35.5. The zero-order valence-corrected chi connectivity index (χ0v) is 25.3. The summed E-state index contributed by atoms with van der Waals surface area (Å²) in [4.78, 5) is 24.3. The van der Waals surface area contributed by atoms with Gasteiger partial charge in [0.05, 0.1) is 11.5 Å². The Morgan fingerprint density at radius 3 is 2.45 bits per heavy atom. The summed E-state index contributed by atoms with van der Waals surface area (Å²) in [5, 5.41) is 13.4. The average molecular weight is 546 g/mol. The lowest BCUT2D eigenvalue weighted by Crippen LogP contribution is -2.65. The molecule has 4 aliphatic rings. The highest BCUT2D eigenvalue weighted by molar-refractivity contribution is 6.27. The molecule has 0 radical (unpaired) electrons. The van der Waals surface area contributed by atoms with Gasteiger partial charge in [0, 0.05) is 19.1 Å². The van der Waals surface area contributed by atoms with E-state index in [2.05, 4.69) is 52.1 Å². The molecular formula is C32H48ClNO4. The van der Waals surface area contributed by atoms with Gasteiger partial charge in [0.25, 0.3) is 0 Å². The van der Waals surface area contributed by atoms with Gasteiger partial charge in [-0.2, -0.15) is 0 Å². The predicted molar refractivity (Wildman–Crippen MR) is 153 cm³/mol. The molecule has 0 bridgehead atoms. The van der Waals surface area contributed by atoms with Crippen LogP contribution in [-0.4, -0.2) is 42.4 Å². The van der Waals surface area contributed by atoms with Crippen LogP contribution in [0.1, 0.15) is 92.9 Å². The Morgan fingerprint density at radius 2 is 1.82 bits per heavy atom. The summed E-state index contributed by atoms with van der Waals surface area (Å²) in [7, 11) is 1.66. The van der Waals surface area contributed by atoms with Crippen LogP contribution in [0.2, 0.25) is 0 Å². The molecule has 3 saturated carbocycles. The molecule has 38 heavy (non-hydrogen) atoms. The smallest absolute Gasteiger partial charge is 0.226 e. The topological polar surface area (TPSA) is 75.6 Å². The van der Waals surface area contributed by atoms with Gasteiger partial charge in [-0.1, -0.05) is 46.8 Å². The molecule has 2 N–H and O–H groups in total. The van der Waals surface area contributed by atoms with Gasteiger partial charge in [-0.05, 0) is 103 Å². The third-order valence-electron chi connectivity index (χ3n) is 11.7. The van der Waals surface area contributed by atoms with E-state index in [4.69, 9.17) is 16.3 Å². The Balaban J connectivity index is 1.75. The second-order valence-electron chi connectivity index (χ2n) is 13.6. The third-order valence-corrected chi connectivity index (χ3v) is 12.5. The maximum absolute atomic E-state index is 13.4. The number of alkyl halides is 1. The number of fused-ring (bicyclic) bond motifs is 5. The lowest BCUT2D eigenvalue weighted by molar-refractivity contribution is -0.149. The second kappa shape index (κ2) is 10.1. The van der Waals surface area contributed by atoms with Crippen LogP contribution in [0, 0.1) is 33.5 Å². The maximum Gasteiger partial charge on any atom is 0.226 e. The van der Waals surface area contributed by atoms with Crippen molar-refractivity contribution in [2.24, 2.45) is 33.5 Å². The number of amides is 1. The molecule has 5 nitrogen and oxygen atoms in total. The van der Waals surface area contributed by atoms with Gasteiger partial charge in [0.1, 0.15) is 0 Å². The number of aliphatic hydroxyl groups excluding tert-OH is 1. The number of ether oxygens (including phenoxy) is 1. The van der Waals surface area contributed by atoms with Gasteiger partial charge in [0.2, 0.25) is 5.91 Å². The number of allylic oxidation sites excluding steroid dienone is 6. The van der Waals surface area contributed by atoms with Crippen LogP contribution < -0.4 is 5.32 Å². The van der Waals surface area contributed by atoms with E-state index in [-0.39, 0.29) is 33.8 Å². The molecule has 0 aromatic heterocycles. The Hall–Kier alpha value is -1.59. The normalized spacial score (nSPS) is 42.9. The Kier molecular flexibility index (Phi) is 7.82. The zero-order valence-electron chi connectivity index (χ0n) is 24.5. The van der Waals surface area contributed by atoms with Crippen molar-refractivity contribution in [3.8, 4) is 0 Å². The van der Waals surface area contributed by atoms with Crippen molar-refractivity contribution in [1.82, 2.24) is 5.32 Å². The number of carbonyl (C=O) groups is 2. The third kappa shape index (κ3) is 4.22. The van der Waals surface area contributed by atoms with Crippen molar-refractivity contribution in [3.63, 3.8) is 0 Å². The summed E-state index contributed by atoms with van der Waals surface area (Å²) in [6.07, 6.45) is 12.6. The number of hydrogen-bond donors (Lipinski definition) is 2. The fourth-order valence-electron chi connectivity index (χ4n) is 9.07. The second-order valence-corrected chi connectivity index (χ2v) is 14.3. The number of aliphatic hydroxyl groups is 1. The maximum atomic E-state index is 13.4. The highest BCUT2D eigenvalue weighted by Crippen LogP contribution is 2.74. The lowest BCUT2D eigenvalue weighted by Gasteiger charge is -2.69. The van der Waals surface area contributed by atoms with E-state index < -0.39 is 10.3 Å². The van der Waals surface area contributed by atoms with Crippen LogP contribution in [0.3, 0.4) is 0 Å². The van der Waals surface area contributed by atoms with Gasteiger partial charge in [0.15, 0.2) is 12.0 Å². The number of rotatable bonds is 7. The van der Waals surface area contributed by atoms with Crippen LogP contribution in [0.5, 0.6) is 0 Å². The molecule has 212 valence electrons. The molecule has 4 aliphatic carbocycles. The van der Waals surface area contributed by atoms with Crippen molar-refractivity contribution in [2.75, 3.05) is 20.3 Å². The summed E-state index contributed by atoms with van der Waals surface area (Å²) in [6.45, 7) is 14.4. The summed E-state index contributed by atoms with van der Waals surface area (Å²) < 4.78 is 5.16. The minimum atomic E-state index is -0.491. The number of methoxy groups -OCH3 is 1. The van der Waals surface area contributed by atoms with E-state index in [0.29, 0.717) is 30.9 Å². The summed E-state index contributed by atoms with van der Waals surface area (Å²) in [6, 6.07) is 0. The molecule has 6 heteroatoms. The van der Waals surface area contributed by atoms with E-state index in [9.17, 15) is 14.7 Å². The summed E-state index contributed by atoms with van der Waals surface area (Å²) in [5.74, 6) is 0.473. The molecule has 0 saturated heterocycles. The molecule has 0 spiro atoms. The summed E-state index contributed by atoms with van der Waals surface area (Å²) >= 11 is 7.95. The number of aldehydes is 1. The van der Waals surface area contributed by atoms with E-state index in [1.807, 2.05) is 6.92 Å². The standard InChI is InChI=1S/C32H48ClNO4/c1-8-23-22(21(2)24(36)20-35)9-10-25-30(23,5)14-15-31(6)26-19-29(4,27(37)34-17-18-38-7)12-11-28(26,3)13-16-32(25,31)33/h9-10,20,23,26,36H,8,11-19H2,1-7H3,(H,34,37)/b24-21+/t23?,26-,28-,29-,30+,31+,32+/m1/s1. The summed E-state index contributed by atoms with van der Waals surface area (Å²) in [5.41, 5.74) is 2.50. The first-order chi connectivity index (χ1) is 17.8. The van der Waals surface area contributed by atoms with Crippen molar-refractivity contribution < 1.29 is 19.4 Å². The first-order valence-corrected chi connectivity index (χ1v) is 14.9. The van der Waals surface area contributed by atoms with Gasteiger partial charge < -0.3 is 15.2 Å². The zero-order chi connectivity index (χ0) is 28.1. The van der Waals surface area contributed by atoms with Gasteiger partial charge in [-0.15, -0.1) is 11.6 Å². The molecular weight excluding hydrogens is 498 g/mol. The molecule has 0 aliphatic heterocycles. The van der Waals surface area contributed by atoms with Crippen LogP contribution in [0.15, 0.2) is 34.6 Å². The molecule has 0 aromatic carbocycles. The van der Waals surface area contributed by atoms with Crippen LogP contribution in [0.4, 0.5) is 0 Å². The minimum absolute atomic E-state index is 0.138. The Bertz CT molecular complexity index is 1080. The van der Waals surface area contributed by atoms with Gasteiger partial charge in [-0.3, -0.25) is 9.59 Å². The molecule has 1 amide bonds. The van der Waals surface area contributed by atoms with Crippen molar-refractivity contribution in [1.29, 1.82) is 0 Å². The number of halogens is 1. The lowest BCUT2D eigenvalue weighted by atomic mass is 9.38. The van der Waals surface area contributed by atoms with E-state index >= 15 is 0 Å². The number of carbonyl (C=O) groups excluding carboxylic acids is 2. The molecule has 0 aromatic rings. The molecule has 7 atom stereocenters. The van der Waals surface area contributed by atoms with Crippen LogP contribution >= 0.6 is 11.6 Å². The Morgan fingerprint density at radius 1 is 1.13 bits per heavy atom. The number of nitrogens with one attached hydrogen (secondary N) is 1. The predicted octanol–water partition coefficient (Wildman–Crippen LogP) is 7.06. The van der Waals surface area contributed by atoms with Gasteiger partial charge >= 0.3 is 0 Å². The van der Waals surface area contributed by atoms with E-state index in [1.54, 1.807) is 7.11 Å². The average Bonchev–Trinajstić information content (AvgIpc) is 2.89. The Labute approximate surface area is 234 Å². The van der Waals surface area contributed by atoms with Gasteiger partial charge in [-0.25, -0.2) is 0 Å². The fraction of sp³-hybridized carbons (Fsp3) is 0.750. The first kappa shape index (κ1) is 29.4. The molecule has 4 rings (SSSR count). The molecule has 1 unspecified atom stereocenters. The van der Waals surface area contributed by atoms with E-state index in [0.717, 1.165) is 56.9 Å². The van der Waals surface area contributed by atoms with Crippen molar-refractivity contribution >= 4 is 23.8 Å². The largest absolute Gasteiger partial charge is 0.504 e. The van der Waals surface area contributed by atoms with Crippen molar-refractivity contribution in [2.45, 2.75) is 97.8 Å². The SMILES string of the molecule is CCC1C(/C(C)=C(/O)C=O)=CC=C2[C@@]1(C)CC[C@@]1(C)[C@@H]3C[C@](C)(C(=O)NCCOC)CC[C@]3(C)CC[C@]21Cl. The minimum Gasteiger partial charge on any atom is -0.504 e. The molecule has 0 heterocycles. The van der Waals surface area contributed by atoms with Crippen molar-refractivity contribution in [3.05, 3.63) is 34.6 Å². The fourth-order valence-corrected chi connectivity index (χ4v) is 9.66. The van der Waals surface area contributed by atoms with E-state index in [1.165, 1.54) is 5.57 Å².